The zero-order chi connectivity index (χ0) is 10.3. The largest absolute Gasteiger partial charge is 0.375 e. The van der Waals surface area contributed by atoms with Gasteiger partial charge in [0.25, 0.3) is 0 Å². The number of anilines is 1. The first-order chi connectivity index (χ1) is 7.33. The predicted molar refractivity (Wildman–Crippen MR) is 60.7 cm³/mol. The first-order valence-corrected chi connectivity index (χ1v) is 5.36. The Bertz CT molecular complexity index is 577. The second-order valence-electron chi connectivity index (χ2n) is 3.16. The number of hydrogen-bond acceptors (Lipinski definition) is 4. The molecule has 3 rings (SSSR count). The average Bonchev–Trinajstić information content (AvgIpc) is 2.82. The third kappa shape index (κ3) is 1.37. The molecule has 0 aliphatic heterocycles. The van der Waals surface area contributed by atoms with Crippen molar-refractivity contribution in [3.63, 3.8) is 0 Å². The van der Waals surface area contributed by atoms with E-state index in [-0.39, 0.29) is 0 Å². The van der Waals surface area contributed by atoms with Crippen LogP contribution in [0.15, 0.2) is 36.0 Å². The average molecular weight is 216 g/mol. The number of fused-ring (bicyclic) bond motifs is 1. The molecule has 3 heterocycles. The zero-order valence-corrected chi connectivity index (χ0v) is 8.61. The molecule has 0 amide bonds. The van der Waals surface area contributed by atoms with E-state index in [0.29, 0.717) is 5.13 Å². The van der Waals surface area contributed by atoms with Crippen LogP contribution >= 0.6 is 11.3 Å². The van der Waals surface area contributed by atoms with Gasteiger partial charge in [-0.2, -0.15) is 0 Å². The number of rotatable bonds is 1. The summed E-state index contributed by atoms with van der Waals surface area (Å²) in [5, 5.41) is 2.49. The number of thiazole rings is 1. The Hall–Kier alpha value is -1.88. The lowest BCUT2D eigenvalue weighted by Gasteiger charge is -1.86. The summed E-state index contributed by atoms with van der Waals surface area (Å²) in [7, 11) is 0. The first kappa shape index (κ1) is 8.43. The molecule has 0 aromatic carbocycles. The van der Waals surface area contributed by atoms with E-state index in [1.54, 1.807) is 0 Å². The molecule has 0 atom stereocenters. The molecular formula is C10H8N4S. The molecule has 0 fully saturated rings. The number of aromatic nitrogens is 3. The Balaban J connectivity index is 2.19. The minimum absolute atomic E-state index is 0.571. The third-order valence-electron chi connectivity index (χ3n) is 2.15. The van der Waals surface area contributed by atoms with Gasteiger partial charge in [-0.05, 0) is 12.1 Å². The lowest BCUT2D eigenvalue weighted by Crippen LogP contribution is -1.82. The summed E-state index contributed by atoms with van der Waals surface area (Å²) < 4.78 is 1.96. The Morgan fingerprint density at radius 2 is 2.13 bits per heavy atom. The van der Waals surface area contributed by atoms with E-state index in [1.165, 1.54) is 11.3 Å². The van der Waals surface area contributed by atoms with Crippen molar-refractivity contribution in [2.45, 2.75) is 0 Å². The normalized spacial score (nSPS) is 10.9. The second-order valence-corrected chi connectivity index (χ2v) is 4.05. The summed E-state index contributed by atoms with van der Waals surface area (Å²) in [6, 6.07) is 5.88. The molecule has 0 saturated carbocycles. The first-order valence-electron chi connectivity index (χ1n) is 4.48. The van der Waals surface area contributed by atoms with Gasteiger partial charge < -0.3 is 10.1 Å². The van der Waals surface area contributed by atoms with Crippen LogP contribution in [0.2, 0.25) is 0 Å². The van der Waals surface area contributed by atoms with Gasteiger partial charge in [0.1, 0.15) is 17.0 Å². The second kappa shape index (κ2) is 3.06. The van der Waals surface area contributed by atoms with Crippen LogP contribution in [0.3, 0.4) is 0 Å². The van der Waals surface area contributed by atoms with E-state index in [0.717, 1.165) is 17.0 Å². The highest BCUT2D eigenvalue weighted by atomic mass is 32.1. The molecule has 0 bridgehead atoms. The van der Waals surface area contributed by atoms with Crippen LogP contribution in [0, 0.1) is 0 Å². The molecule has 0 aliphatic carbocycles. The van der Waals surface area contributed by atoms with E-state index in [9.17, 15) is 0 Å². The van der Waals surface area contributed by atoms with E-state index in [2.05, 4.69) is 9.97 Å². The number of nitrogens with zero attached hydrogens (tertiary/aromatic N) is 3. The highest BCUT2D eigenvalue weighted by Crippen LogP contribution is 2.22. The van der Waals surface area contributed by atoms with Crippen molar-refractivity contribution in [2.75, 3.05) is 5.73 Å². The van der Waals surface area contributed by atoms with Gasteiger partial charge in [0.2, 0.25) is 0 Å². The molecule has 0 radical (unpaired) electrons. The lowest BCUT2D eigenvalue weighted by atomic mass is 10.4. The maximum atomic E-state index is 5.58. The SMILES string of the molecule is Nc1nc(-c2cn3ccccc3n2)cs1. The number of nitrogens with two attached hydrogens (primary N) is 1. The minimum Gasteiger partial charge on any atom is -0.375 e. The van der Waals surface area contributed by atoms with Crippen molar-refractivity contribution in [3.8, 4) is 11.4 Å². The van der Waals surface area contributed by atoms with Gasteiger partial charge in [-0.15, -0.1) is 11.3 Å². The molecule has 3 aromatic heterocycles. The molecule has 74 valence electrons. The highest BCUT2D eigenvalue weighted by Gasteiger charge is 2.06. The van der Waals surface area contributed by atoms with Gasteiger partial charge in [0.15, 0.2) is 5.13 Å². The van der Waals surface area contributed by atoms with Crippen molar-refractivity contribution in [1.29, 1.82) is 0 Å². The number of pyridine rings is 1. The maximum absolute atomic E-state index is 5.58. The topological polar surface area (TPSA) is 56.2 Å². The molecular weight excluding hydrogens is 208 g/mol. The maximum Gasteiger partial charge on any atom is 0.180 e. The van der Waals surface area contributed by atoms with Crippen LogP contribution in [0.5, 0.6) is 0 Å². The third-order valence-corrected chi connectivity index (χ3v) is 2.82. The van der Waals surface area contributed by atoms with Crippen molar-refractivity contribution >= 4 is 22.1 Å². The Morgan fingerprint density at radius 3 is 2.87 bits per heavy atom. The Kier molecular flexibility index (Phi) is 1.72. The fourth-order valence-corrected chi connectivity index (χ4v) is 2.02. The fraction of sp³-hybridized carbons (Fsp3) is 0. The Labute approximate surface area is 90.0 Å². The van der Waals surface area contributed by atoms with Crippen molar-refractivity contribution < 1.29 is 0 Å². The lowest BCUT2D eigenvalue weighted by molar-refractivity contribution is 1.19. The van der Waals surface area contributed by atoms with Crippen LogP contribution in [0.1, 0.15) is 0 Å². The summed E-state index contributed by atoms with van der Waals surface area (Å²) in [5.74, 6) is 0. The van der Waals surface area contributed by atoms with Crippen LogP contribution in [0.4, 0.5) is 5.13 Å². The minimum atomic E-state index is 0.571. The number of nitrogen functional groups attached to an aromatic ring is 1. The van der Waals surface area contributed by atoms with Gasteiger partial charge in [-0.3, -0.25) is 0 Å². The molecule has 0 saturated heterocycles. The Morgan fingerprint density at radius 1 is 1.20 bits per heavy atom. The zero-order valence-electron chi connectivity index (χ0n) is 7.79. The van der Waals surface area contributed by atoms with Crippen molar-refractivity contribution in [3.05, 3.63) is 36.0 Å². The van der Waals surface area contributed by atoms with E-state index >= 15 is 0 Å². The van der Waals surface area contributed by atoms with Gasteiger partial charge in [0.05, 0.1) is 0 Å². The van der Waals surface area contributed by atoms with Gasteiger partial charge in [0, 0.05) is 17.8 Å². The number of hydrogen-bond donors (Lipinski definition) is 1. The smallest absolute Gasteiger partial charge is 0.180 e. The summed E-state index contributed by atoms with van der Waals surface area (Å²) >= 11 is 1.43. The van der Waals surface area contributed by atoms with Crippen LogP contribution in [-0.2, 0) is 0 Å². The van der Waals surface area contributed by atoms with Crippen molar-refractivity contribution in [1.82, 2.24) is 14.4 Å². The monoisotopic (exact) mass is 216 g/mol. The molecule has 3 aromatic rings. The van der Waals surface area contributed by atoms with E-state index < -0.39 is 0 Å². The van der Waals surface area contributed by atoms with Crippen LogP contribution in [-0.4, -0.2) is 14.4 Å². The molecule has 4 nitrogen and oxygen atoms in total. The summed E-state index contributed by atoms with van der Waals surface area (Å²) in [4.78, 5) is 8.64. The molecule has 15 heavy (non-hydrogen) atoms. The highest BCUT2D eigenvalue weighted by molar-refractivity contribution is 7.13. The van der Waals surface area contributed by atoms with E-state index in [4.69, 9.17) is 5.73 Å². The summed E-state index contributed by atoms with van der Waals surface area (Å²) in [5.41, 5.74) is 8.19. The van der Waals surface area contributed by atoms with Gasteiger partial charge >= 0.3 is 0 Å². The molecule has 0 unspecified atom stereocenters. The van der Waals surface area contributed by atoms with Crippen molar-refractivity contribution in [2.24, 2.45) is 0 Å². The fourth-order valence-electron chi connectivity index (χ4n) is 1.46. The van der Waals surface area contributed by atoms with E-state index in [1.807, 2.05) is 40.4 Å². The van der Waals surface area contributed by atoms with Gasteiger partial charge in [-0.25, -0.2) is 9.97 Å². The molecule has 2 N–H and O–H groups in total. The predicted octanol–water partition coefficient (Wildman–Crippen LogP) is 2.04. The molecule has 5 heteroatoms. The molecule has 0 aliphatic rings. The van der Waals surface area contributed by atoms with Crippen LogP contribution in [0.25, 0.3) is 17.0 Å². The van der Waals surface area contributed by atoms with Gasteiger partial charge in [-0.1, -0.05) is 6.07 Å². The molecule has 0 spiro atoms. The quantitative estimate of drug-likeness (QED) is 0.677. The number of imidazole rings is 1. The summed E-state index contributed by atoms with van der Waals surface area (Å²) in [6.45, 7) is 0. The van der Waals surface area contributed by atoms with Crippen LogP contribution < -0.4 is 5.73 Å². The summed E-state index contributed by atoms with van der Waals surface area (Å²) in [6.07, 6.45) is 3.91. The standard InChI is InChI=1S/C10H8N4S/c11-10-13-8(6-15-10)7-5-14-4-2-1-3-9(14)12-7/h1-6H,(H2,11,13).